The molecule has 0 heterocycles. The summed E-state index contributed by atoms with van der Waals surface area (Å²) in [6.45, 7) is 6.36. The summed E-state index contributed by atoms with van der Waals surface area (Å²) in [6, 6.07) is 5.90. The molecule has 0 amide bonds. The average Bonchev–Trinajstić information content (AvgIpc) is 2.27. The molecule has 1 rings (SSSR count). The number of rotatable bonds is 5. The van der Waals surface area contributed by atoms with Gasteiger partial charge in [0.05, 0.1) is 12.7 Å². The van der Waals surface area contributed by atoms with Crippen LogP contribution in [0.2, 0.25) is 0 Å². The van der Waals surface area contributed by atoms with Crippen molar-refractivity contribution in [3.05, 3.63) is 23.8 Å². The van der Waals surface area contributed by atoms with E-state index in [0.29, 0.717) is 6.54 Å². The second-order valence-electron chi connectivity index (χ2n) is 4.39. The Labute approximate surface area is 97.4 Å². The standard InChI is InChI=1S/C13H21NO2/c1-5-13(3,15)9-14-11-6-7-12(16-4)10(2)8-11/h6-8,14-15H,5,9H2,1-4H3. The number of aryl methyl sites for hydroxylation is 1. The van der Waals surface area contributed by atoms with Crippen molar-refractivity contribution in [1.29, 1.82) is 0 Å². The SMILES string of the molecule is CCC(C)(O)CNc1ccc(OC)c(C)c1. The third-order valence-corrected chi connectivity index (χ3v) is 2.83. The molecular weight excluding hydrogens is 202 g/mol. The molecule has 0 bridgehead atoms. The van der Waals surface area contributed by atoms with Crippen molar-refractivity contribution in [2.24, 2.45) is 0 Å². The zero-order chi connectivity index (χ0) is 12.2. The monoisotopic (exact) mass is 223 g/mol. The second kappa shape index (κ2) is 5.21. The summed E-state index contributed by atoms with van der Waals surface area (Å²) in [4.78, 5) is 0. The fraction of sp³-hybridized carbons (Fsp3) is 0.538. The van der Waals surface area contributed by atoms with E-state index in [9.17, 15) is 5.11 Å². The number of aliphatic hydroxyl groups is 1. The summed E-state index contributed by atoms with van der Waals surface area (Å²) in [5, 5.41) is 13.1. The van der Waals surface area contributed by atoms with Gasteiger partial charge in [-0.3, -0.25) is 0 Å². The van der Waals surface area contributed by atoms with Gasteiger partial charge in [0.25, 0.3) is 0 Å². The maximum atomic E-state index is 9.87. The van der Waals surface area contributed by atoms with Gasteiger partial charge in [-0.1, -0.05) is 6.92 Å². The van der Waals surface area contributed by atoms with E-state index in [2.05, 4.69) is 5.32 Å². The molecule has 90 valence electrons. The maximum Gasteiger partial charge on any atom is 0.121 e. The van der Waals surface area contributed by atoms with Crippen LogP contribution in [0.3, 0.4) is 0 Å². The third-order valence-electron chi connectivity index (χ3n) is 2.83. The highest BCUT2D eigenvalue weighted by Crippen LogP contribution is 2.22. The Morgan fingerprint density at radius 3 is 2.62 bits per heavy atom. The average molecular weight is 223 g/mol. The molecule has 0 aliphatic heterocycles. The molecule has 0 aromatic heterocycles. The highest BCUT2D eigenvalue weighted by molar-refractivity contribution is 5.50. The number of methoxy groups -OCH3 is 1. The summed E-state index contributed by atoms with van der Waals surface area (Å²) in [5.74, 6) is 0.882. The highest BCUT2D eigenvalue weighted by atomic mass is 16.5. The Bertz CT molecular complexity index is 348. The smallest absolute Gasteiger partial charge is 0.121 e. The van der Waals surface area contributed by atoms with E-state index in [1.54, 1.807) is 7.11 Å². The first-order valence-corrected chi connectivity index (χ1v) is 5.59. The van der Waals surface area contributed by atoms with Crippen molar-refractivity contribution < 1.29 is 9.84 Å². The van der Waals surface area contributed by atoms with Crippen molar-refractivity contribution in [3.8, 4) is 5.75 Å². The predicted octanol–water partition coefficient (Wildman–Crippen LogP) is 2.58. The topological polar surface area (TPSA) is 41.5 Å². The zero-order valence-electron chi connectivity index (χ0n) is 10.5. The van der Waals surface area contributed by atoms with Crippen LogP contribution in [0.4, 0.5) is 5.69 Å². The van der Waals surface area contributed by atoms with E-state index in [-0.39, 0.29) is 0 Å². The van der Waals surface area contributed by atoms with Gasteiger partial charge < -0.3 is 15.2 Å². The Balaban J connectivity index is 2.65. The van der Waals surface area contributed by atoms with E-state index >= 15 is 0 Å². The van der Waals surface area contributed by atoms with Crippen LogP contribution < -0.4 is 10.1 Å². The van der Waals surface area contributed by atoms with Crippen molar-refractivity contribution in [2.75, 3.05) is 19.0 Å². The number of hydrogen-bond donors (Lipinski definition) is 2. The Morgan fingerprint density at radius 2 is 2.12 bits per heavy atom. The summed E-state index contributed by atoms with van der Waals surface area (Å²) < 4.78 is 5.19. The molecule has 2 N–H and O–H groups in total. The normalized spacial score (nSPS) is 14.3. The molecule has 0 aliphatic carbocycles. The van der Waals surface area contributed by atoms with Gasteiger partial charge in [-0.05, 0) is 44.0 Å². The van der Waals surface area contributed by atoms with Crippen LogP contribution in [0.5, 0.6) is 5.75 Å². The first-order chi connectivity index (χ1) is 7.48. The van der Waals surface area contributed by atoms with Crippen molar-refractivity contribution in [3.63, 3.8) is 0 Å². The predicted molar refractivity (Wildman–Crippen MR) is 67.1 cm³/mol. The van der Waals surface area contributed by atoms with E-state index < -0.39 is 5.60 Å². The zero-order valence-corrected chi connectivity index (χ0v) is 10.5. The quantitative estimate of drug-likeness (QED) is 0.806. The molecule has 0 saturated carbocycles. The van der Waals surface area contributed by atoms with Gasteiger partial charge in [-0.25, -0.2) is 0 Å². The highest BCUT2D eigenvalue weighted by Gasteiger charge is 2.16. The lowest BCUT2D eigenvalue weighted by atomic mass is 10.0. The number of anilines is 1. The van der Waals surface area contributed by atoms with Gasteiger partial charge >= 0.3 is 0 Å². The third kappa shape index (κ3) is 3.42. The summed E-state index contributed by atoms with van der Waals surface area (Å²) >= 11 is 0. The van der Waals surface area contributed by atoms with Gasteiger partial charge in [0, 0.05) is 12.2 Å². The van der Waals surface area contributed by atoms with E-state index in [0.717, 1.165) is 23.4 Å². The lowest BCUT2D eigenvalue weighted by molar-refractivity contribution is 0.0697. The number of nitrogens with one attached hydrogen (secondary N) is 1. The molecule has 0 saturated heterocycles. The molecule has 1 atom stereocenters. The van der Waals surface area contributed by atoms with Crippen molar-refractivity contribution in [1.82, 2.24) is 0 Å². The van der Waals surface area contributed by atoms with Crippen LogP contribution in [0.25, 0.3) is 0 Å². The first-order valence-electron chi connectivity index (χ1n) is 5.59. The first kappa shape index (κ1) is 12.8. The van der Waals surface area contributed by atoms with Crippen LogP contribution in [-0.2, 0) is 0 Å². The van der Waals surface area contributed by atoms with Gasteiger partial charge in [-0.15, -0.1) is 0 Å². The minimum atomic E-state index is -0.659. The number of hydrogen-bond acceptors (Lipinski definition) is 3. The molecule has 0 radical (unpaired) electrons. The number of benzene rings is 1. The summed E-state index contributed by atoms with van der Waals surface area (Å²) in [7, 11) is 1.66. The summed E-state index contributed by atoms with van der Waals surface area (Å²) in [6.07, 6.45) is 0.731. The molecule has 3 heteroatoms. The van der Waals surface area contributed by atoms with Gasteiger partial charge in [0.1, 0.15) is 5.75 Å². The molecule has 1 aromatic carbocycles. The lowest BCUT2D eigenvalue weighted by Crippen LogP contribution is -2.32. The van der Waals surface area contributed by atoms with Gasteiger partial charge in [-0.2, -0.15) is 0 Å². The molecule has 16 heavy (non-hydrogen) atoms. The van der Waals surface area contributed by atoms with Crippen LogP contribution in [-0.4, -0.2) is 24.4 Å². The second-order valence-corrected chi connectivity index (χ2v) is 4.39. The van der Waals surface area contributed by atoms with Crippen LogP contribution in [0.1, 0.15) is 25.8 Å². The minimum Gasteiger partial charge on any atom is -0.496 e. The molecule has 1 aromatic rings. The Morgan fingerprint density at radius 1 is 1.44 bits per heavy atom. The number of ether oxygens (including phenoxy) is 1. The van der Waals surface area contributed by atoms with Crippen molar-refractivity contribution >= 4 is 5.69 Å². The van der Waals surface area contributed by atoms with Crippen molar-refractivity contribution in [2.45, 2.75) is 32.8 Å². The fourth-order valence-corrected chi connectivity index (χ4v) is 1.41. The Kier molecular flexibility index (Phi) is 4.19. The molecule has 0 spiro atoms. The van der Waals surface area contributed by atoms with E-state index in [1.165, 1.54) is 0 Å². The summed E-state index contributed by atoms with van der Waals surface area (Å²) in [5.41, 5.74) is 1.43. The van der Waals surface area contributed by atoms with E-state index in [1.807, 2.05) is 39.0 Å². The van der Waals surface area contributed by atoms with Crippen LogP contribution in [0, 0.1) is 6.92 Å². The molecule has 0 fully saturated rings. The van der Waals surface area contributed by atoms with E-state index in [4.69, 9.17) is 4.74 Å². The Hall–Kier alpha value is -1.22. The largest absolute Gasteiger partial charge is 0.496 e. The fourth-order valence-electron chi connectivity index (χ4n) is 1.41. The van der Waals surface area contributed by atoms with Crippen LogP contribution in [0.15, 0.2) is 18.2 Å². The molecular formula is C13H21NO2. The minimum absolute atomic E-state index is 0.551. The van der Waals surface area contributed by atoms with Crippen LogP contribution >= 0.6 is 0 Å². The van der Waals surface area contributed by atoms with Gasteiger partial charge in [0.2, 0.25) is 0 Å². The maximum absolute atomic E-state index is 9.87. The van der Waals surface area contributed by atoms with Gasteiger partial charge in [0.15, 0.2) is 0 Å². The lowest BCUT2D eigenvalue weighted by Gasteiger charge is -2.22. The molecule has 1 unspecified atom stereocenters. The molecule has 0 aliphatic rings. The molecule has 3 nitrogen and oxygen atoms in total.